The Hall–Kier alpha value is -0.846. The Balaban J connectivity index is 2.23. The molecule has 0 N–H and O–H groups in total. The number of aldehydes is 1. The molecule has 2 rings (SSSR count). The average Bonchev–Trinajstić information content (AvgIpc) is 3.10. The number of ether oxygens (including phenoxy) is 1. The smallest absolute Gasteiger partial charge is 0.192 e. The molecule has 0 amide bonds. The van der Waals surface area contributed by atoms with Crippen molar-refractivity contribution in [2.24, 2.45) is 5.92 Å². The van der Waals surface area contributed by atoms with Crippen molar-refractivity contribution in [2.75, 3.05) is 12.4 Å². The first-order chi connectivity index (χ1) is 17.2. The van der Waals surface area contributed by atoms with Gasteiger partial charge in [0.25, 0.3) is 0 Å². The third-order valence-electron chi connectivity index (χ3n) is 8.83. The molecule has 0 aliphatic carbocycles. The van der Waals surface area contributed by atoms with E-state index in [9.17, 15) is 13.2 Å². The van der Waals surface area contributed by atoms with E-state index in [0.29, 0.717) is 24.3 Å². The zero-order valence-electron chi connectivity index (χ0n) is 25.6. The van der Waals surface area contributed by atoms with Crippen LogP contribution in [0.3, 0.4) is 0 Å². The Bertz CT molecular complexity index is 1020. The molecular weight excluding hydrogens is 533 g/mol. The molecule has 1 aromatic rings. The van der Waals surface area contributed by atoms with Gasteiger partial charge in [-0.3, -0.25) is 0 Å². The second-order valence-electron chi connectivity index (χ2n) is 14.1. The summed E-state index contributed by atoms with van der Waals surface area (Å²) in [4.78, 5) is 11.8. The summed E-state index contributed by atoms with van der Waals surface area (Å²) >= 11 is 0. The summed E-state index contributed by atoms with van der Waals surface area (Å²) in [6.45, 7) is 24.8. The van der Waals surface area contributed by atoms with E-state index in [-0.39, 0.29) is 40.4 Å². The van der Waals surface area contributed by atoms with Crippen LogP contribution in [0.25, 0.3) is 0 Å². The predicted molar refractivity (Wildman–Crippen MR) is 161 cm³/mol. The SMILES string of the molecule is Cc1ccc(S(=O)(=O)C[C@@H]2C[C@@H](CC(CO[Si](C)(C)C(C)(C)C)O[Si](C)(C)C(C)(C)C)O[C@H]2CC=O)cc1. The second kappa shape index (κ2) is 12.3. The number of benzene rings is 1. The standard InChI is InChI=1S/C29H52O6SSi2/c1-22-12-14-26(15-13-22)36(31,32)21-23-18-24(34-27(23)16-17-30)19-25(35-38(10,11)29(5,6)7)20-33-37(8,9)28(2,3)4/h12-15,17,23-25,27H,16,18-21H2,1-11H3/t23-,24-,25?,27-/m0/s1. The molecule has 0 aromatic heterocycles. The molecule has 1 aliphatic heterocycles. The van der Waals surface area contributed by atoms with E-state index in [1.807, 2.05) is 19.1 Å². The van der Waals surface area contributed by atoms with E-state index in [0.717, 1.165) is 11.8 Å². The van der Waals surface area contributed by atoms with E-state index in [2.05, 4.69) is 67.7 Å². The monoisotopic (exact) mass is 584 g/mol. The van der Waals surface area contributed by atoms with Gasteiger partial charge in [-0.2, -0.15) is 0 Å². The van der Waals surface area contributed by atoms with Crippen LogP contribution in [0, 0.1) is 12.8 Å². The fourth-order valence-corrected chi connectivity index (χ4v) is 8.30. The minimum Gasteiger partial charge on any atom is -0.414 e. The summed E-state index contributed by atoms with van der Waals surface area (Å²) in [5.74, 6) is -0.273. The quantitative estimate of drug-likeness (QED) is 0.196. The molecule has 1 aromatic carbocycles. The lowest BCUT2D eigenvalue weighted by molar-refractivity contribution is -0.110. The second-order valence-corrected chi connectivity index (χ2v) is 25.7. The van der Waals surface area contributed by atoms with Crippen LogP contribution in [0.4, 0.5) is 0 Å². The van der Waals surface area contributed by atoms with Gasteiger partial charge in [-0.15, -0.1) is 0 Å². The summed E-state index contributed by atoms with van der Waals surface area (Å²) in [5.41, 5.74) is 1.01. The van der Waals surface area contributed by atoms with E-state index in [1.54, 1.807) is 12.1 Å². The molecule has 38 heavy (non-hydrogen) atoms. The van der Waals surface area contributed by atoms with E-state index < -0.39 is 32.6 Å². The van der Waals surface area contributed by atoms with Crippen molar-refractivity contribution in [1.29, 1.82) is 0 Å². The van der Waals surface area contributed by atoms with E-state index in [4.69, 9.17) is 13.6 Å². The highest BCUT2D eigenvalue weighted by atomic mass is 32.2. The summed E-state index contributed by atoms with van der Waals surface area (Å²) < 4.78 is 46.2. The van der Waals surface area contributed by atoms with Gasteiger partial charge in [0.05, 0.1) is 35.6 Å². The normalized spacial score (nSPS) is 22.4. The Kier molecular flexibility index (Phi) is 10.8. The molecule has 6 nitrogen and oxygen atoms in total. The van der Waals surface area contributed by atoms with Crippen molar-refractivity contribution in [3.05, 3.63) is 29.8 Å². The number of hydrogen-bond donors (Lipinski definition) is 0. The maximum absolute atomic E-state index is 13.2. The van der Waals surface area contributed by atoms with Crippen LogP contribution in [0.1, 0.15) is 66.4 Å². The van der Waals surface area contributed by atoms with Crippen LogP contribution in [0.15, 0.2) is 29.2 Å². The van der Waals surface area contributed by atoms with Crippen molar-refractivity contribution in [3.63, 3.8) is 0 Å². The highest BCUT2D eigenvalue weighted by Gasteiger charge is 2.44. The molecule has 0 radical (unpaired) electrons. The molecule has 1 aliphatic rings. The number of sulfone groups is 1. The van der Waals surface area contributed by atoms with Crippen molar-refractivity contribution in [3.8, 4) is 0 Å². The minimum atomic E-state index is -3.50. The van der Waals surface area contributed by atoms with Gasteiger partial charge >= 0.3 is 0 Å². The van der Waals surface area contributed by atoms with Gasteiger partial charge in [0, 0.05) is 18.8 Å². The molecule has 9 heteroatoms. The van der Waals surface area contributed by atoms with Crippen LogP contribution >= 0.6 is 0 Å². The first-order valence-electron chi connectivity index (χ1n) is 13.9. The molecule has 1 unspecified atom stereocenters. The third-order valence-corrected chi connectivity index (χ3v) is 19.7. The van der Waals surface area contributed by atoms with Crippen molar-refractivity contribution >= 4 is 32.8 Å². The van der Waals surface area contributed by atoms with Gasteiger partial charge in [-0.05, 0) is 61.7 Å². The Labute approximate surface area is 234 Å². The molecule has 0 saturated carbocycles. The molecule has 0 spiro atoms. The Morgan fingerprint density at radius 3 is 2.05 bits per heavy atom. The van der Waals surface area contributed by atoms with Crippen molar-refractivity contribution in [1.82, 2.24) is 0 Å². The summed E-state index contributed by atoms with van der Waals surface area (Å²) in [6, 6.07) is 6.95. The van der Waals surface area contributed by atoms with Gasteiger partial charge in [-0.25, -0.2) is 8.42 Å². The molecule has 1 saturated heterocycles. The Morgan fingerprint density at radius 2 is 1.55 bits per heavy atom. The van der Waals surface area contributed by atoms with Crippen LogP contribution in [0.2, 0.25) is 36.3 Å². The lowest BCUT2D eigenvalue weighted by Crippen LogP contribution is -2.48. The topological polar surface area (TPSA) is 78.9 Å². The number of carbonyl (C=O) groups is 1. The largest absolute Gasteiger partial charge is 0.414 e. The number of hydrogen-bond acceptors (Lipinski definition) is 6. The van der Waals surface area contributed by atoms with Gasteiger partial charge in [0.1, 0.15) is 6.29 Å². The van der Waals surface area contributed by atoms with Gasteiger partial charge < -0.3 is 18.4 Å². The number of carbonyl (C=O) groups excluding carboxylic acids is 1. The molecule has 218 valence electrons. The first-order valence-corrected chi connectivity index (χ1v) is 21.4. The van der Waals surface area contributed by atoms with E-state index in [1.165, 1.54) is 0 Å². The fraction of sp³-hybridized carbons (Fsp3) is 0.759. The average molecular weight is 585 g/mol. The first kappa shape index (κ1) is 33.4. The van der Waals surface area contributed by atoms with Crippen LogP contribution in [0.5, 0.6) is 0 Å². The highest BCUT2D eigenvalue weighted by Crippen LogP contribution is 2.41. The zero-order valence-corrected chi connectivity index (χ0v) is 28.4. The minimum absolute atomic E-state index is 0.0285. The lowest BCUT2D eigenvalue weighted by atomic mass is 9.98. The Morgan fingerprint density at radius 1 is 1.00 bits per heavy atom. The third kappa shape index (κ3) is 8.83. The van der Waals surface area contributed by atoms with Gasteiger partial charge in [0.2, 0.25) is 0 Å². The highest BCUT2D eigenvalue weighted by molar-refractivity contribution is 7.91. The maximum Gasteiger partial charge on any atom is 0.192 e. The van der Waals surface area contributed by atoms with Gasteiger partial charge in [0.15, 0.2) is 26.5 Å². The lowest BCUT2D eigenvalue weighted by Gasteiger charge is -2.42. The molecule has 0 bridgehead atoms. The molecule has 4 atom stereocenters. The summed E-state index contributed by atoms with van der Waals surface area (Å²) in [7, 11) is -7.58. The van der Waals surface area contributed by atoms with Crippen molar-refractivity contribution < 1.29 is 26.8 Å². The summed E-state index contributed by atoms with van der Waals surface area (Å²) in [5, 5.41) is 0.131. The number of aryl methyl sites for hydroxylation is 1. The summed E-state index contributed by atoms with van der Waals surface area (Å²) in [6.07, 6.45) is 1.49. The van der Waals surface area contributed by atoms with Crippen LogP contribution in [-0.4, -0.2) is 62.0 Å². The number of rotatable bonds is 12. The molecule has 1 heterocycles. The van der Waals surface area contributed by atoms with Crippen LogP contribution in [-0.2, 0) is 28.2 Å². The van der Waals surface area contributed by atoms with Crippen molar-refractivity contribution in [2.45, 2.75) is 127 Å². The van der Waals surface area contributed by atoms with Gasteiger partial charge in [-0.1, -0.05) is 59.2 Å². The maximum atomic E-state index is 13.2. The molecule has 1 fully saturated rings. The fourth-order valence-electron chi connectivity index (χ4n) is 4.25. The zero-order chi connectivity index (χ0) is 29.2. The van der Waals surface area contributed by atoms with E-state index >= 15 is 0 Å². The van der Waals surface area contributed by atoms with Crippen LogP contribution < -0.4 is 0 Å². The predicted octanol–water partition coefficient (Wildman–Crippen LogP) is 6.93. The molecular formula is C29H52O6SSi2.